The monoisotopic (exact) mass is 342 g/mol. The first kappa shape index (κ1) is 17.5. The van der Waals surface area contributed by atoms with E-state index in [1.54, 1.807) is 18.0 Å². The van der Waals surface area contributed by atoms with E-state index in [1.165, 1.54) is 6.42 Å². The average molecular weight is 342 g/mol. The SMILES string of the molecule is CNCCC1CCN(C(=O)c2nn(-c3ccccc3)cc2OC)CC1. The molecule has 2 aromatic rings. The smallest absolute Gasteiger partial charge is 0.278 e. The number of para-hydroxylation sites is 1. The number of amides is 1. The summed E-state index contributed by atoms with van der Waals surface area (Å²) in [6, 6.07) is 9.75. The van der Waals surface area contributed by atoms with Crippen LogP contribution < -0.4 is 10.1 Å². The van der Waals surface area contributed by atoms with Crippen LogP contribution in [-0.4, -0.2) is 54.4 Å². The Morgan fingerprint density at radius 1 is 1.28 bits per heavy atom. The van der Waals surface area contributed by atoms with Crippen LogP contribution in [-0.2, 0) is 0 Å². The number of nitrogens with zero attached hydrogens (tertiary/aromatic N) is 3. The first-order chi connectivity index (χ1) is 12.2. The highest BCUT2D eigenvalue weighted by atomic mass is 16.5. The van der Waals surface area contributed by atoms with Crippen LogP contribution in [0, 0.1) is 5.92 Å². The number of carbonyl (C=O) groups is 1. The van der Waals surface area contributed by atoms with Crippen LogP contribution in [0.3, 0.4) is 0 Å². The number of hydrogen-bond donors (Lipinski definition) is 1. The van der Waals surface area contributed by atoms with Gasteiger partial charge in [0.2, 0.25) is 0 Å². The Balaban J connectivity index is 1.71. The summed E-state index contributed by atoms with van der Waals surface area (Å²) in [6.07, 6.45) is 5.04. The molecule has 1 aliphatic rings. The molecule has 1 aliphatic heterocycles. The topological polar surface area (TPSA) is 59.4 Å². The number of piperidine rings is 1. The lowest BCUT2D eigenvalue weighted by molar-refractivity contribution is 0.0677. The summed E-state index contributed by atoms with van der Waals surface area (Å²) in [5, 5.41) is 7.68. The van der Waals surface area contributed by atoms with Gasteiger partial charge in [-0.3, -0.25) is 4.79 Å². The third kappa shape index (κ3) is 4.02. The Kier molecular flexibility index (Phi) is 5.71. The fourth-order valence-corrected chi connectivity index (χ4v) is 3.29. The molecule has 25 heavy (non-hydrogen) atoms. The number of rotatable bonds is 6. The van der Waals surface area contributed by atoms with Crippen molar-refractivity contribution in [2.45, 2.75) is 19.3 Å². The number of nitrogens with one attached hydrogen (secondary N) is 1. The van der Waals surface area contributed by atoms with Crippen LogP contribution in [0.4, 0.5) is 0 Å². The van der Waals surface area contributed by atoms with E-state index in [9.17, 15) is 4.79 Å². The Bertz CT molecular complexity index is 691. The third-order valence-corrected chi connectivity index (χ3v) is 4.83. The van der Waals surface area contributed by atoms with Gasteiger partial charge in [0.05, 0.1) is 19.0 Å². The number of likely N-dealkylation sites (tertiary alicyclic amines) is 1. The van der Waals surface area contributed by atoms with Crippen molar-refractivity contribution in [2.75, 3.05) is 33.8 Å². The molecule has 0 saturated carbocycles. The normalized spacial score (nSPS) is 15.4. The first-order valence-corrected chi connectivity index (χ1v) is 8.86. The fraction of sp³-hybridized carbons (Fsp3) is 0.474. The third-order valence-electron chi connectivity index (χ3n) is 4.83. The quantitative estimate of drug-likeness (QED) is 0.875. The van der Waals surface area contributed by atoms with Crippen LogP contribution in [0.5, 0.6) is 5.75 Å². The standard InChI is InChI=1S/C19H26N4O2/c1-20-11-8-15-9-12-22(13-10-15)19(24)18-17(25-2)14-23(21-18)16-6-4-3-5-7-16/h3-7,14-15,20H,8-13H2,1-2H3. The summed E-state index contributed by atoms with van der Waals surface area (Å²) in [6.45, 7) is 2.61. The van der Waals surface area contributed by atoms with E-state index in [0.717, 1.165) is 38.2 Å². The molecule has 0 spiro atoms. The molecule has 1 fully saturated rings. The van der Waals surface area contributed by atoms with Crippen molar-refractivity contribution >= 4 is 5.91 Å². The molecule has 0 unspecified atom stereocenters. The van der Waals surface area contributed by atoms with Crippen molar-refractivity contribution in [3.05, 3.63) is 42.2 Å². The molecular weight excluding hydrogens is 316 g/mol. The summed E-state index contributed by atoms with van der Waals surface area (Å²) in [7, 11) is 3.56. The molecule has 6 nitrogen and oxygen atoms in total. The summed E-state index contributed by atoms with van der Waals surface area (Å²) in [5.74, 6) is 1.17. The van der Waals surface area contributed by atoms with E-state index < -0.39 is 0 Å². The lowest BCUT2D eigenvalue weighted by Crippen LogP contribution is -2.39. The molecule has 3 rings (SSSR count). The molecule has 6 heteroatoms. The largest absolute Gasteiger partial charge is 0.493 e. The van der Waals surface area contributed by atoms with Gasteiger partial charge in [-0.15, -0.1) is 0 Å². The summed E-state index contributed by atoms with van der Waals surface area (Å²) >= 11 is 0. The van der Waals surface area contributed by atoms with Gasteiger partial charge in [-0.05, 0) is 50.9 Å². The second kappa shape index (κ2) is 8.16. The van der Waals surface area contributed by atoms with Crippen molar-refractivity contribution in [1.29, 1.82) is 0 Å². The maximum atomic E-state index is 12.9. The molecule has 1 amide bonds. The van der Waals surface area contributed by atoms with Gasteiger partial charge in [-0.2, -0.15) is 5.10 Å². The van der Waals surface area contributed by atoms with Gasteiger partial charge in [0, 0.05) is 13.1 Å². The van der Waals surface area contributed by atoms with Crippen LogP contribution >= 0.6 is 0 Å². The number of methoxy groups -OCH3 is 1. The van der Waals surface area contributed by atoms with Gasteiger partial charge in [-0.25, -0.2) is 4.68 Å². The molecule has 0 aliphatic carbocycles. The summed E-state index contributed by atoms with van der Waals surface area (Å²) < 4.78 is 7.09. The van der Waals surface area contributed by atoms with Crippen molar-refractivity contribution in [3.63, 3.8) is 0 Å². The minimum absolute atomic E-state index is 0.0430. The Labute approximate surface area is 148 Å². The zero-order valence-electron chi connectivity index (χ0n) is 14.9. The van der Waals surface area contributed by atoms with Gasteiger partial charge >= 0.3 is 0 Å². The molecule has 134 valence electrons. The molecular formula is C19H26N4O2. The highest BCUT2D eigenvalue weighted by Crippen LogP contribution is 2.25. The van der Waals surface area contributed by atoms with E-state index in [2.05, 4.69) is 10.4 Å². The van der Waals surface area contributed by atoms with Crippen molar-refractivity contribution in [3.8, 4) is 11.4 Å². The highest BCUT2D eigenvalue weighted by Gasteiger charge is 2.27. The van der Waals surface area contributed by atoms with Crippen LogP contribution in [0.1, 0.15) is 29.8 Å². The first-order valence-electron chi connectivity index (χ1n) is 8.86. The predicted molar refractivity (Wildman–Crippen MR) is 97.3 cm³/mol. The maximum absolute atomic E-state index is 12.9. The molecule has 1 N–H and O–H groups in total. The van der Waals surface area contributed by atoms with E-state index in [0.29, 0.717) is 17.4 Å². The van der Waals surface area contributed by atoms with Gasteiger partial charge in [-0.1, -0.05) is 18.2 Å². The number of ether oxygens (including phenoxy) is 1. The summed E-state index contributed by atoms with van der Waals surface area (Å²) in [5.41, 5.74) is 1.30. The zero-order valence-corrected chi connectivity index (χ0v) is 14.9. The van der Waals surface area contributed by atoms with E-state index in [-0.39, 0.29) is 5.91 Å². The molecule has 1 aromatic heterocycles. The molecule has 1 aromatic carbocycles. The van der Waals surface area contributed by atoms with E-state index in [1.807, 2.05) is 42.3 Å². The Morgan fingerprint density at radius 2 is 2.00 bits per heavy atom. The van der Waals surface area contributed by atoms with Crippen molar-refractivity contribution in [2.24, 2.45) is 5.92 Å². The van der Waals surface area contributed by atoms with Gasteiger partial charge in [0.25, 0.3) is 5.91 Å². The van der Waals surface area contributed by atoms with Gasteiger partial charge in [0.15, 0.2) is 11.4 Å². The minimum atomic E-state index is -0.0430. The van der Waals surface area contributed by atoms with Crippen molar-refractivity contribution < 1.29 is 9.53 Å². The average Bonchev–Trinajstić information content (AvgIpc) is 3.11. The second-order valence-corrected chi connectivity index (χ2v) is 6.45. The molecule has 0 radical (unpaired) electrons. The number of carbonyl (C=O) groups excluding carboxylic acids is 1. The van der Waals surface area contributed by atoms with E-state index in [4.69, 9.17) is 4.74 Å². The molecule has 2 heterocycles. The van der Waals surface area contributed by atoms with Crippen LogP contribution in [0.25, 0.3) is 5.69 Å². The Morgan fingerprint density at radius 3 is 2.64 bits per heavy atom. The van der Waals surface area contributed by atoms with E-state index >= 15 is 0 Å². The van der Waals surface area contributed by atoms with Crippen LogP contribution in [0.2, 0.25) is 0 Å². The van der Waals surface area contributed by atoms with Gasteiger partial charge < -0.3 is 15.0 Å². The molecule has 0 bridgehead atoms. The minimum Gasteiger partial charge on any atom is -0.493 e. The van der Waals surface area contributed by atoms with Crippen LogP contribution in [0.15, 0.2) is 36.5 Å². The highest BCUT2D eigenvalue weighted by molar-refractivity contribution is 5.95. The number of hydrogen-bond acceptors (Lipinski definition) is 4. The Hall–Kier alpha value is -2.34. The van der Waals surface area contributed by atoms with Crippen molar-refractivity contribution in [1.82, 2.24) is 20.0 Å². The maximum Gasteiger partial charge on any atom is 0.278 e. The lowest BCUT2D eigenvalue weighted by atomic mass is 9.93. The molecule has 0 atom stereocenters. The second-order valence-electron chi connectivity index (χ2n) is 6.45. The number of aromatic nitrogens is 2. The molecule has 1 saturated heterocycles. The number of benzene rings is 1. The predicted octanol–water partition coefficient (Wildman–Crippen LogP) is 2.34. The lowest BCUT2D eigenvalue weighted by Gasteiger charge is -2.31. The zero-order chi connectivity index (χ0) is 17.6. The fourth-order valence-electron chi connectivity index (χ4n) is 3.29. The van der Waals surface area contributed by atoms with Gasteiger partial charge in [0.1, 0.15) is 0 Å². The summed E-state index contributed by atoms with van der Waals surface area (Å²) in [4.78, 5) is 14.8.